The third-order valence-electron chi connectivity index (χ3n) is 1.56. The molecule has 3 nitrogen and oxygen atoms in total. The van der Waals surface area contributed by atoms with Crippen LogP contribution in [0, 0.1) is 13.8 Å². The smallest absolute Gasteiger partial charge is 0.239 e. The second-order valence-corrected chi connectivity index (χ2v) is 2.33. The molecule has 3 heteroatoms. The third kappa shape index (κ3) is 1.05. The third-order valence-corrected chi connectivity index (χ3v) is 1.56. The molecule has 56 valence electrons. The molecule has 0 aromatic carbocycles. The van der Waals surface area contributed by atoms with Gasteiger partial charge in [-0.1, -0.05) is 0 Å². The number of hydrogen-bond acceptors (Lipinski definition) is 2. The van der Waals surface area contributed by atoms with Crippen molar-refractivity contribution in [3.63, 3.8) is 0 Å². The van der Waals surface area contributed by atoms with Crippen molar-refractivity contribution in [2.24, 2.45) is 0 Å². The Labute approximate surface area is 59.5 Å². The SMILES string of the molecule is Cc1ccc(C)n1C(O)O. The summed E-state index contributed by atoms with van der Waals surface area (Å²) in [5, 5.41) is 17.6. The van der Waals surface area contributed by atoms with Gasteiger partial charge in [-0.05, 0) is 26.0 Å². The Morgan fingerprint density at radius 1 is 1.20 bits per heavy atom. The summed E-state index contributed by atoms with van der Waals surface area (Å²) in [7, 11) is 0. The summed E-state index contributed by atoms with van der Waals surface area (Å²) in [6, 6.07) is 3.68. The van der Waals surface area contributed by atoms with Crippen molar-refractivity contribution in [1.29, 1.82) is 0 Å². The molecule has 10 heavy (non-hydrogen) atoms. The molecule has 0 spiro atoms. The summed E-state index contributed by atoms with van der Waals surface area (Å²) >= 11 is 0. The Morgan fingerprint density at radius 3 is 1.80 bits per heavy atom. The lowest BCUT2D eigenvalue weighted by Gasteiger charge is -2.09. The minimum Gasteiger partial charge on any atom is -0.351 e. The average molecular weight is 141 g/mol. The molecule has 0 aliphatic carbocycles. The first-order valence-electron chi connectivity index (χ1n) is 3.13. The molecule has 0 saturated heterocycles. The van der Waals surface area contributed by atoms with E-state index < -0.39 is 6.41 Å². The van der Waals surface area contributed by atoms with E-state index >= 15 is 0 Å². The van der Waals surface area contributed by atoms with Crippen LogP contribution in [0.2, 0.25) is 0 Å². The van der Waals surface area contributed by atoms with Gasteiger partial charge in [0.05, 0.1) is 0 Å². The van der Waals surface area contributed by atoms with Crippen LogP contribution in [0.5, 0.6) is 0 Å². The predicted octanol–water partition coefficient (Wildman–Crippen LogP) is 0.546. The van der Waals surface area contributed by atoms with E-state index in [-0.39, 0.29) is 0 Å². The monoisotopic (exact) mass is 141 g/mol. The molecule has 0 amide bonds. The van der Waals surface area contributed by atoms with Crippen molar-refractivity contribution in [1.82, 2.24) is 4.57 Å². The Bertz CT molecular complexity index is 208. The first kappa shape index (κ1) is 7.31. The predicted molar refractivity (Wildman–Crippen MR) is 37.4 cm³/mol. The number of rotatable bonds is 1. The second-order valence-electron chi connectivity index (χ2n) is 2.33. The maximum atomic E-state index is 8.79. The van der Waals surface area contributed by atoms with Crippen LogP contribution in [-0.2, 0) is 0 Å². The van der Waals surface area contributed by atoms with Gasteiger partial charge in [0.1, 0.15) is 0 Å². The average Bonchev–Trinajstić information content (AvgIpc) is 2.11. The van der Waals surface area contributed by atoms with Crippen molar-refractivity contribution in [2.75, 3.05) is 0 Å². The van der Waals surface area contributed by atoms with Gasteiger partial charge in [0.2, 0.25) is 6.41 Å². The van der Waals surface area contributed by atoms with Gasteiger partial charge in [-0.15, -0.1) is 0 Å². The number of nitrogens with zero attached hydrogens (tertiary/aromatic N) is 1. The highest BCUT2D eigenvalue weighted by molar-refractivity contribution is 5.13. The van der Waals surface area contributed by atoms with Crippen LogP contribution in [0.3, 0.4) is 0 Å². The van der Waals surface area contributed by atoms with Crippen LogP contribution in [0.15, 0.2) is 12.1 Å². The van der Waals surface area contributed by atoms with E-state index in [1.165, 1.54) is 4.57 Å². The molecule has 1 rings (SSSR count). The van der Waals surface area contributed by atoms with Gasteiger partial charge in [-0.2, -0.15) is 0 Å². The van der Waals surface area contributed by atoms with E-state index in [9.17, 15) is 0 Å². The Kier molecular flexibility index (Phi) is 1.78. The van der Waals surface area contributed by atoms with E-state index in [2.05, 4.69) is 0 Å². The molecule has 1 aromatic rings. The van der Waals surface area contributed by atoms with Gasteiger partial charge in [0.25, 0.3) is 0 Å². The number of aromatic nitrogens is 1. The van der Waals surface area contributed by atoms with Gasteiger partial charge in [-0.25, -0.2) is 0 Å². The highest BCUT2D eigenvalue weighted by Crippen LogP contribution is 2.10. The summed E-state index contributed by atoms with van der Waals surface area (Å²) in [5.74, 6) is 0. The van der Waals surface area contributed by atoms with E-state index in [0.717, 1.165) is 11.4 Å². The Hall–Kier alpha value is -0.800. The second kappa shape index (κ2) is 2.44. The molecule has 1 heterocycles. The molecule has 0 aliphatic rings. The number of hydrogen-bond donors (Lipinski definition) is 2. The van der Waals surface area contributed by atoms with Crippen LogP contribution in [0.1, 0.15) is 17.8 Å². The first-order chi connectivity index (χ1) is 4.63. The van der Waals surface area contributed by atoms with Crippen molar-refractivity contribution in [2.45, 2.75) is 20.3 Å². The van der Waals surface area contributed by atoms with Crippen molar-refractivity contribution in [3.8, 4) is 0 Å². The number of aryl methyl sites for hydroxylation is 2. The van der Waals surface area contributed by atoms with Crippen LogP contribution < -0.4 is 0 Å². The number of aliphatic hydroxyl groups excluding tert-OH is 1. The standard InChI is InChI=1S/C7H11NO2/c1-5-3-4-6(2)8(5)7(9)10/h3-4,7,9-10H,1-2H3. The molecular formula is C7H11NO2. The minimum absolute atomic E-state index is 0.854. The van der Waals surface area contributed by atoms with Gasteiger partial charge >= 0.3 is 0 Å². The zero-order chi connectivity index (χ0) is 7.72. The van der Waals surface area contributed by atoms with Crippen LogP contribution in [-0.4, -0.2) is 14.8 Å². The number of aliphatic hydroxyl groups is 2. The zero-order valence-corrected chi connectivity index (χ0v) is 6.07. The quantitative estimate of drug-likeness (QED) is 0.561. The van der Waals surface area contributed by atoms with Crippen LogP contribution >= 0.6 is 0 Å². The summed E-state index contributed by atoms with van der Waals surface area (Å²) in [5.41, 5.74) is 1.71. The minimum atomic E-state index is -1.41. The van der Waals surface area contributed by atoms with Crippen molar-refractivity contribution < 1.29 is 10.2 Å². The fourth-order valence-corrected chi connectivity index (χ4v) is 1.04. The van der Waals surface area contributed by atoms with Gasteiger partial charge < -0.3 is 14.8 Å². The maximum absolute atomic E-state index is 8.79. The summed E-state index contributed by atoms with van der Waals surface area (Å²) in [6.45, 7) is 3.65. The van der Waals surface area contributed by atoms with E-state index in [1.807, 2.05) is 26.0 Å². The molecule has 0 aliphatic heterocycles. The van der Waals surface area contributed by atoms with Gasteiger partial charge in [0.15, 0.2) is 0 Å². The van der Waals surface area contributed by atoms with E-state index in [4.69, 9.17) is 10.2 Å². The van der Waals surface area contributed by atoms with Gasteiger partial charge in [0, 0.05) is 11.4 Å². The first-order valence-corrected chi connectivity index (χ1v) is 3.13. The molecule has 0 bridgehead atoms. The highest BCUT2D eigenvalue weighted by Gasteiger charge is 2.05. The summed E-state index contributed by atoms with van der Waals surface area (Å²) < 4.78 is 1.44. The van der Waals surface area contributed by atoms with E-state index in [0.29, 0.717) is 0 Å². The normalized spacial score (nSPS) is 10.9. The summed E-state index contributed by atoms with van der Waals surface area (Å²) in [6.07, 6.45) is -1.41. The Balaban J connectivity index is 3.10. The molecule has 1 aromatic heterocycles. The highest BCUT2D eigenvalue weighted by atomic mass is 16.5. The molecular weight excluding hydrogens is 130 g/mol. The zero-order valence-electron chi connectivity index (χ0n) is 6.07. The molecule has 0 unspecified atom stereocenters. The molecule has 2 N–H and O–H groups in total. The lowest BCUT2D eigenvalue weighted by molar-refractivity contribution is -0.104. The van der Waals surface area contributed by atoms with Crippen LogP contribution in [0.4, 0.5) is 0 Å². The van der Waals surface area contributed by atoms with E-state index in [1.54, 1.807) is 0 Å². The Morgan fingerprint density at radius 2 is 1.60 bits per heavy atom. The fourth-order valence-electron chi connectivity index (χ4n) is 1.04. The fraction of sp³-hybridized carbons (Fsp3) is 0.429. The molecule has 0 radical (unpaired) electrons. The molecule has 0 saturated carbocycles. The maximum Gasteiger partial charge on any atom is 0.239 e. The van der Waals surface area contributed by atoms with Crippen molar-refractivity contribution >= 4 is 0 Å². The van der Waals surface area contributed by atoms with Gasteiger partial charge in [-0.3, -0.25) is 0 Å². The largest absolute Gasteiger partial charge is 0.351 e. The summed E-state index contributed by atoms with van der Waals surface area (Å²) in [4.78, 5) is 0. The van der Waals surface area contributed by atoms with Crippen LogP contribution in [0.25, 0.3) is 0 Å². The topological polar surface area (TPSA) is 45.4 Å². The van der Waals surface area contributed by atoms with Crippen molar-refractivity contribution in [3.05, 3.63) is 23.5 Å². The lowest BCUT2D eigenvalue weighted by atomic mass is 10.5. The lowest BCUT2D eigenvalue weighted by Crippen LogP contribution is -2.09. The molecule has 0 fully saturated rings. The molecule has 0 atom stereocenters.